The van der Waals surface area contributed by atoms with Crippen LogP contribution in [0.2, 0.25) is 0 Å². The molecule has 1 heterocycles. The van der Waals surface area contributed by atoms with Gasteiger partial charge in [-0.05, 0) is 17.7 Å². The Bertz CT molecular complexity index is 727. The third kappa shape index (κ3) is 2.81. The smallest absolute Gasteiger partial charge is 0.248 e. The van der Waals surface area contributed by atoms with Crippen LogP contribution in [0.5, 0.6) is 0 Å². The van der Waals surface area contributed by atoms with Gasteiger partial charge in [0.1, 0.15) is 10.7 Å². The molecule has 0 spiro atoms. The summed E-state index contributed by atoms with van der Waals surface area (Å²) in [6.45, 7) is 0.0500. The maximum Gasteiger partial charge on any atom is 0.248 e. The molecule has 0 saturated heterocycles. The second-order valence-corrected chi connectivity index (χ2v) is 6.46. The molecule has 20 heavy (non-hydrogen) atoms. The summed E-state index contributed by atoms with van der Waals surface area (Å²) in [7, 11) is -0.763. The maximum atomic E-state index is 13.1. The van der Waals surface area contributed by atoms with Crippen molar-refractivity contribution < 1.29 is 12.8 Å². The number of benzene rings is 1. The van der Waals surface area contributed by atoms with E-state index in [-0.39, 0.29) is 17.3 Å². The molecule has 2 N–H and O–H groups in total. The zero-order valence-electron chi connectivity index (χ0n) is 11.1. The number of nitrogen functional groups attached to an aromatic ring is 1. The average molecular weight is 298 g/mol. The van der Waals surface area contributed by atoms with Crippen LogP contribution in [0.4, 0.5) is 10.2 Å². The number of sulfonamides is 1. The Morgan fingerprint density at radius 2 is 2.15 bits per heavy atom. The van der Waals surface area contributed by atoms with E-state index in [1.807, 2.05) is 0 Å². The van der Waals surface area contributed by atoms with E-state index in [9.17, 15) is 12.8 Å². The molecule has 1 aromatic heterocycles. The van der Waals surface area contributed by atoms with Crippen molar-refractivity contribution in [2.75, 3.05) is 12.8 Å². The fourth-order valence-corrected chi connectivity index (χ4v) is 3.07. The lowest BCUT2D eigenvalue weighted by Crippen LogP contribution is -2.26. The van der Waals surface area contributed by atoms with E-state index in [1.165, 1.54) is 36.1 Å². The van der Waals surface area contributed by atoms with Gasteiger partial charge in [-0.1, -0.05) is 12.1 Å². The second-order valence-electron chi connectivity index (χ2n) is 4.44. The molecule has 0 saturated carbocycles. The molecule has 6 nitrogen and oxygen atoms in total. The molecule has 2 aromatic rings. The molecular weight excluding hydrogens is 283 g/mol. The predicted molar refractivity (Wildman–Crippen MR) is 72.7 cm³/mol. The predicted octanol–water partition coefficient (Wildman–Crippen LogP) is 0.962. The number of aromatic nitrogens is 2. The van der Waals surface area contributed by atoms with Gasteiger partial charge in [-0.15, -0.1) is 0 Å². The second kappa shape index (κ2) is 5.22. The van der Waals surface area contributed by atoms with Crippen molar-refractivity contribution in [1.29, 1.82) is 0 Å². The van der Waals surface area contributed by atoms with Gasteiger partial charge in [-0.25, -0.2) is 12.8 Å². The fourth-order valence-electron chi connectivity index (χ4n) is 1.83. The van der Waals surface area contributed by atoms with Crippen molar-refractivity contribution in [3.63, 3.8) is 0 Å². The van der Waals surface area contributed by atoms with Crippen molar-refractivity contribution in [3.05, 3.63) is 41.8 Å². The molecule has 2 rings (SSSR count). The van der Waals surface area contributed by atoms with Gasteiger partial charge in [-0.2, -0.15) is 9.40 Å². The highest BCUT2D eigenvalue weighted by atomic mass is 32.2. The third-order valence-electron chi connectivity index (χ3n) is 2.80. The Morgan fingerprint density at radius 1 is 1.45 bits per heavy atom. The number of nitrogens with two attached hydrogens (primary N) is 1. The highest BCUT2D eigenvalue weighted by Gasteiger charge is 2.25. The van der Waals surface area contributed by atoms with Crippen LogP contribution < -0.4 is 5.73 Å². The van der Waals surface area contributed by atoms with Gasteiger partial charge in [0, 0.05) is 26.8 Å². The molecular formula is C12H15FN4O2S. The molecule has 0 amide bonds. The van der Waals surface area contributed by atoms with Crippen LogP contribution in [0.3, 0.4) is 0 Å². The molecule has 0 unspecified atom stereocenters. The molecule has 0 aliphatic heterocycles. The zero-order valence-corrected chi connectivity index (χ0v) is 11.9. The number of rotatable bonds is 4. The highest BCUT2D eigenvalue weighted by Crippen LogP contribution is 2.21. The minimum Gasteiger partial charge on any atom is -0.381 e. The largest absolute Gasteiger partial charge is 0.381 e. The summed E-state index contributed by atoms with van der Waals surface area (Å²) >= 11 is 0. The fraction of sp³-hybridized carbons (Fsp3) is 0.250. The van der Waals surface area contributed by atoms with Crippen LogP contribution in [0.15, 0.2) is 35.4 Å². The van der Waals surface area contributed by atoms with Gasteiger partial charge in [0.15, 0.2) is 5.82 Å². The van der Waals surface area contributed by atoms with Crippen LogP contribution in [0.1, 0.15) is 5.56 Å². The lowest BCUT2D eigenvalue weighted by molar-refractivity contribution is 0.465. The quantitative estimate of drug-likeness (QED) is 0.911. The summed E-state index contributed by atoms with van der Waals surface area (Å²) in [5, 5.41) is 3.81. The lowest BCUT2D eigenvalue weighted by atomic mass is 10.2. The average Bonchev–Trinajstić information content (AvgIpc) is 2.69. The van der Waals surface area contributed by atoms with Gasteiger partial charge in [0.25, 0.3) is 0 Å². The highest BCUT2D eigenvalue weighted by molar-refractivity contribution is 7.89. The minimum atomic E-state index is -3.76. The number of hydrogen-bond acceptors (Lipinski definition) is 4. The van der Waals surface area contributed by atoms with Gasteiger partial charge in [0.2, 0.25) is 10.0 Å². The molecule has 108 valence electrons. The minimum absolute atomic E-state index is 0.0500. The van der Waals surface area contributed by atoms with Crippen molar-refractivity contribution in [2.24, 2.45) is 7.05 Å². The van der Waals surface area contributed by atoms with Crippen LogP contribution in [-0.4, -0.2) is 29.6 Å². The summed E-state index contributed by atoms with van der Waals surface area (Å²) < 4.78 is 40.3. The Hall–Kier alpha value is -1.93. The number of hydrogen-bond donors (Lipinski definition) is 1. The van der Waals surface area contributed by atoms with Gasteiger partial charge >= 0.3 is 0 Å². The van der Waals surface area contributed by atoms with Crippen molar-refractivity contribution in [2.45, 2.75) is 11.4 Å². The molecule has 8 heteroatoms. The molecule has 0 atom stereocenters. The molecule has 1 aromatic carbocycles. The molecule has 0 radical (unpaired) electrons. The van der Waals surface area contributed by atoms with E-state index in [1.54, 1.807) is 13.1 Å². The van der Waals surface area contributed by atoms with Gasteiger partial charge in [0.05, 0.1) is 0 Å². The SMILES string of the molecule is CN(Cc1cccc(F)c1)S(=O)(=O)c1cn(C)nc1N. The number of nitrogens with zero attached hydrogens (tertiary/aromatic N) is 3. The number of aryl methyl sites for hydroxylation is 1. The van der Waals surface area contributed by atoms with E-state index < -0.39 is 15.8 Å². The van der Waals surface area contributed by atoms with Gasteiger partial charge < -0.3 is 5.73 Å². The normalized spacial score (nSPS) is 12.0. The molecule has 0 aliphatic rings. The first-order valence-corrected chi connectivity index (χ1v) is 7.24. The summed E-state index contributed by atoms with van der Waals surface area (Å²) in [6, 6.07) is 5.78. The van der Waals surface area contributed by atoms with E-state index >= 15 is 0 Å². The summed E-state index contributed by atoms with van der Waals surface area (Å²) in [5.74, 6) is -0.465. The third-order valence-corrected chi connectivity index (χ3v) is 4.62. The zero-order chi connectivity index (χ0) is 14.9. The first-order valence-electron chi connectivity index (χ1n) is 5.80. The van der Waals surface area contributed by atoms with E-state index in [0.29, 0.717) is 5.56 Å². The molecule has 0 aliphatic carbocycles. The summed E-state index contributed by atoms with van der Waals surface area (Å²) in [5.41, 5.74) is 6.14. The summed E-state index contributed by atoms with van der Waals surface area (Å²) in [4.78, 5) is -0.0566. The first-order chi connectivity index (χ1) is 9.30. The first kappa shape index (κ1) is 14.5. The van der Waals surface area contributed by atoms with E-state index in [2.05, 4.69) is 5.10 Å². The van der Waals surface area contributed by atoms with Crippen molar-refractivity contribution in [1.82, 2.24) is 14.1 Å². The van der Waals surface area contributed by atoms with E-state index in [0.717, 1.165) is 4.31 Å². The maximum absolute atomic E-state index is 13.1. The molecule has 0 fully saturated rings. The van der Waals surface area contributed by atoms with Crippen molar-refractivity contribution in [3.8, 4) is 0 Å². The number of halogens is 1. The Labute approximate surface area is 116 Å². The van der Waals surface area contributed by atoms with Crippen LogP contribution >= 0.6 is 0 Å². The van der Waals surface area contributed by atoms with Crippen LogP contribution in [-0.2, 0) is 23.6 Å². The lowest BCUT2D eigenvalue weighted by Gasteiger charge is -2.16. The Morgan fingerprint density at radius 3 is 2.70 bits per heavy atom. The molecule has 0 bridgehead atoms. The monoisotopic (exact) mass is 298 g/mol. The number of anilines is 1. The Kier molecular flexibility index (Phi) is 3.78. The summed E-state index contributed by atoms with van der Waals surface area (Å²) in [6.07, 6.45) is 1.34. The standard InChI is InChI=1S/C12H15FN4O2S/c1-16-8-11(12(14)15-16)20(18,19)17(2)7-9-4-3-5-10(13)6-9/h3-6,8H,7H2,1-2H3,(H2,14,15). The topological polar surface area (TPSA) is 81.2 Å². The van der Waals surface area contributed by atoms with E-state index in [4.69, 9.17) is 5.73 Å². The van der Waals surface area contributed by atoms with Crippen LogP contribution in [0, 0.1) is 5.82 Å². The van der Waals surface area contributed by atoms with Crippen LogP contribution in [0.25, 0.3) is 0 Å². The van der Waals surface area contributed by atoms with Crippen molar-refractivity contribution >= 4 is 15.8 Å². The Balaban J connectivity index is 2.28. The van der Waals surface area contributed by atoms with Gasteiger partial charge in [-0.3, -0.25) is 4.68 Å².